The van der Waals surface area contributed by atoms with Gasteiger partial charge in [0, 0.05) is 31.6 Å². The fraction of sp³-hybridized carbons (Fsp3) is 0.346. The Bertz CT molecular complexity index is 1240. The lowest BCUT2D eigenvalue weighted by molar-refractivity contribution is -0.118. The average molecular weight is 491 g/mol. The Kier molecular flexibility index (Phi) is 8.20. The van der Waals surface area contributed by atoms with E-state index in [1.54, 1.807) is 22.6 Å². The van der Waals surface area contributed by atoms with Crippen molar-refractivity contribution >= 4 is 23.0 Å². The van der Waals surface area contributed by atoms with Gasteiger partial charge < -0.3 is 10.3 Å². The lowest BCUT2D eigenvalue weighted by atomic mass is 10.0. The van der Waals surface area contributed by atoms with E-state index < -0.39 is 0 Å². The molecule has 0 unspecified atom stereocenters. The predicted octanol–water partition coefficient (Wildman–Crippen LogP) is 5.33. The van der Waals surface area contributed by atoms with Crippen LogP contribution in [-0.2, 0) is 11.8 Å². The highest BCUT2D eigenvalue weighted by Crippen LogP contribution is 2.26. The molecule has 1 atom stereocenters. The summed E-state index contributed by atoms with van der Waals surface area (Å²) in [6.45, 7) is 1.90. The zero-order chi connectivity index (χ0) is 24.6. The molecule has 3 aromatic heterocycles. The molecule has 0 saturated carbocycles. The van der Waals surface area contributed by atoms with Gasteiger partial charge in [0.2, 0.25) is 0 Å². The summed E-state index contributed by atoms with van der Waals surface area (Å²) in [5.74, 6) is 0.863. The van der Waals surface area contributed by atoms with Crippen LogP contribution in [0.25, 0.3) is 22.4 Å². The van der Waals surface area contributed by atoms with Crippen molar-refractivity contribution in [1.82, 2.24) is 30.0 Å². The Balaban J connectivity index is 1.45. The standard InChI is InChI=1S/C26H30N6O2S/c1-3-21(33)7-5-4-6-8-22(31-26(34)24-15-27-17-35-24)25-28-14-23(30-25)19-11-9-18(10-12-19)20-13-29-32(2)16-20/h9-17,22H,3-8H2,1-2H3,(H,28,30)(H,31,34)/t22-/m0/s1. The molecule has 35 heavy (non-hydrogen) atoms. The summed E-state index contributed by atoms with van der Waals surface area (Å²) in [6, 6.07) is 7.97. The highest BCUT2D eigenvalue weighted by atomic mass is 32.1. The number of carbonyl (C=O) groups excluding carboxylic acids is 2. The molecule has 0 aliphatic rings. The highest BCUT2D eigenvalue weighted by Gasteiger charge is 2.20. The van der Waals surface area contributed by atoms with Crippen LogP contribution in [0.2, 0.25) is 0 Å². The van der Waals surface area contributed by atoms with E-state index in [9.17, 15) is 9.59 Å². The second kappa shape index (κ2) is 11.7. The molecule has 9 heteroatoms. The van der Waals surface area contributed by atoms with E-state index in [-0.39, 0.29) is 11.9 Å². The summed E-state index contributed by atoms with van der Waals surface area (Å²) in [5, 5.41) is 7.34. The average Bonchev–Trinajstić information content (AvgIpc) is 3.65. The van der Waals surface area contributed by atoms with Crippen molar-refractivity contribution < 1.29 is 9.59 Å². The number of aromatic nitrogens is 5. The first-order chi connectivity index (χ1) is 17.0. The number of amides is 1. The van der Waals surface area contributed by atoms with Crippen molar-refractivity contribution in [3.63, 3.8) is 0 Å². The number of Topliss-reactive ketones (excluding diaryl/α,β-unsaturated/α-hetero) is 1. The number of carbonyl (C=O) groups is 2. The summed E-state index contributed by atoms with van der Waals surface area (Å²) in [6.07, 6.45) is 11.8. The van der Waals surface area contributed by atoms with Gasteiger partial charge in [-0.25, -0.2) is 4.98 Å². The van der Waals surface area contributed by atoms with E-state index >= 15 is 0 Å². The highest BCUT2D eigenvalue weighted by molar-refractivity contribution is 7.11. The first kappa shape index (κ1) is 24.5. The Labute approximate surface area is 208 Å². The van der Waals surface area contributed by atoms with Gasteiger partial charge >= 0.3 is 0 Å². The number of thiazole rings is 1. The van der Waals surface area contributed by atoms with Crippen LogP contribution in [0.3, 0.4) is 0 Å². The molecule has 1 aromatic carbocycles. The number of hydrogen-bond donors (Lipinski definition) is 2. The number of nitrogens with zero attached hydrogens (tertiary/aromatic N) is 4. The van der Waals surface area contributed by atoms with Crippen LogP contribution >= 0.6 is 11.3 Å². The maximum atomic E-state index is 12.7. The van der Waals surface area contributed by atoms with Crippen LogP contribution < -0.4 is 5.32 Å². The number of H-pyrrole nitrogens is 1. The number of rotatable bonds is 12. The molecule has 0 radical (unpaired) electrons. The van der Waals surface area contributed by atoms with Gasteiger partial charge in [-0.2, -0.15) is 5.10 Å². The minimum absolute atomic E-state index is 0.155. The largest absolute Gasteiger partial charge is 0.341 e. The SMILES string of the molecule is CCC(=O)CCCCC[C@H](NC(=O)c1cncs1)c1ncc(-c2ccc(-c3cnn(C)c3)cc2)[nH]1. The number of benzene rings is 1. The molecule has 1 amide bonds. The number of aromatic amines is 1. The zero-order valence-corrected chi connectivity index (χ0v) is 20.8. The summed E-state index contributed by atoms with van der Waals surface area (Å²) < 4.78 is 1.78. The smallest absolute Gasteiger partial charge is 0.263 e. The first-order valence-electron chi connectivity index (χ1n) is 11.9. The van der Waals surface area contributed by atoms with E-state index in [1.165, 1.54) is 11.3 Å². The monoisotopic (exact) mass is 490 g/mol. The molecule has 0 bridgehead atoms. The van der Waals surface area contributed by atoms with Gasteiger partial charge in [-0.1, -0.05) is 44.0 Å². The third-order valence-corrected chi connectivity index (χ3v) is 6.74. The third-order valence-electron chi connectivity index (χ3n) is 5.96. The minimum atomic E-state index is -0.255. The van der Waals surface area contributed by atoms with E-state index in [2.05, 4.69) is 49.6 Å². The Morgan fingerprint density at radius 1 is 1.06 bits per heavy atom. The maximum absolute atomic E-state index is 12.7. The predicted molar refractivity (Wildman–Crippen MR) is 137 cm³/mol. The lowest BCUT2D eigenvalue weighted by Gasteiger charge is -2.16. The van der Waals surface area contributed by atoms with Crippen LogP contribution in [0.15, 0.2) is 54.6 Å². The Morgan fingerprint density at radius 2 is 1.86 bits per heavy atom. The zero-order valence-electron chi connectivity index (χ0n) is 20.0. The van der Waals surface area contributed by atoms with Gasteiger partial charge in [0.25, 0.3) is 5.91 Å². The molecular formula is C26H30N6O2S. The summed E-state index contributed by atoms with van der Waals surface area (Å²) >= 11 is 1.31. The van der Waals surface area contributed by atoms with Gasteiger partial charge in [-0.3, -0.25) is 19.3 Å². The summed E-state index contributed by atoms with van der Waals surface area (Å²) in [7, 11) is 1.90. The van der Waals surface area contributed by atoms with Crippen LogP contribution in [0.5, 0.6) is 0 Å². The fourth-order valence-electron chi connectivity index (χ4n) is 3.93. The van der Waals surface area contributed by atoms with Crippen molar-refractivity contribution in [2.45, 2.75) is 51.5 Å². The summed E-state index contributed by atoms with van der Waals surface area (Å²) in [5.41, 5.74) is 5.72. The van der Waals surface area contributed by atoms with Gasteiger partial charge in [-0.15, -0.1) is 11.3 Å². The number of unbranched alkanes of at least 4 members (excludes halogenated alkanes) is 2. The van der Waals surface area contributed by atoms with Gasteiger partial charge in [0.1, 0.15) is 16.5 Å². The molecule has 0 fully saturated rings. The second-order valence-corrected chi connectivity index (χ2v) is 9.43. The minimum Gasteiger partial charge on any atom is -0.341 e. The molecule has 4 rings (SSSR count). The fourth-order valence-corrected chi connectivity index (χ4v) is 4.45. The molecule has 8 nitrogen and oxygen atoms in total. The quantitative estimate of drug-likeness (QED) is 0.261. The molecule has 3 heterocycles. The van der Waals surface area contributed by atoms with Crippen molar-refractivity contribution in [1.29, 1.82) is 0 Å². The van der Waals surface area contributed by atoms with Crippen LogP contribution in [0.4, 0.5) is 0 Å². The number of ketones is 1. The molecule has 0 saturated heterocycles. The topological polar surface area (TPSA) is 106 Å². The van der Waals surface area contributed by atoms with Crippen molar-refractivity contribution in [2.24, 2.45) is 7.05 Å². The number of nitrogens with one attached hydrogen (secondary N) is 2. The maximum Gasteiger partial charge on any atom is 0.263 e. The van der Waals surface area contributed by atoms with E-state index in [4.69, 9.17) is 0 Å². The van der Waals surface area contributed by atoms with Crippen molar-refractivity contribution in [3.05, 3.63) is 65.3 Å². The third kappa shape index (κ3) is 6.51. The van der Waals surface area contributed by atoms with Crippen LogP contribution in [0.1, 0.15) is 67.0 Å². The van der Waals surface area contributed by atoms with Crippen LogP contribution in [0, 0.1) is 0 Å². The molecule has 2 N–H and O–H groups in total. The molecule has 0 aliphatic carbocycles. The van der Waals surface area contributed by atoms with Gasteiger partial charge in [-0.05, 0) is 24.0 Å². The first-order valence-corrected chi connectivity index (χ1v) is 12.8. The van der Waals surface area contributed by atoms with E-state index in [1.807, 2.05) is 26.4 Å². The van der Waals surface area contributed by atoms with Crippen LogP contribution in [-0.4, -0.2) is 36.4 Å². The van der Waals surface area contributed by atoms with E-state index in [0.29, 0.717) is 23.5 Å². The Morgan fingerprint density at radius 3 is 2.54 bits per heavy atom. The second-order valence-electron chi connectivity index (χ2n) is 8.55. The van der Waals surface area contributed by atoms with E-state index in [0.717, 1.165) is 53.9 Å². The van der Waals surface area contributed by atoms with Gasteiger partial charge in [0.05, 0.1) is 35.8 Å². The number of imidazole rings is 1. The molecular weight excluding hydrogens is 460 g/mol. The molecule has 182 valence electrons. The number of aryl methyl sites for hydroxylation is 1. The van der Waals surface area contributed by atoms with Crippen molar-refractivity contribution in [2.75, 3.05) is 0 Å². The Hall–Kier alpha value is -3.59. The van der Waals surface area contributed by atoms with Gasteiger partial charge in [0.15, 0.2) is 0 Å². The van der Waals surface area contributed by atoms with Crippen molar-refractivity contribution in [3.8, 4) is 22.4 Å². The number of hydrogen-bond acceptors (Lipinski definition) is 6. The lowest BCUT2D eigenvalue weighted by Crippen LogP contribution is -2.28. The molecule has 0 aliphatic heterocycles. The molecule has 0 spiro atoms. The normalized spacial score (nSPS) is 11.9. The molecule has 4 aromatic rings. The summed E-state index contributed by atoms with van der Waals surface area (Å²) in [4.78, 5) is 36.9.